The van der Waals surface area contributed by atoms with E-state index in [0.717, 1.165) is 18.4 Å². The Labute approximate surface area is 151 Å². The van der Waals surface area contributed by atoms with Gasteiger partial charge in [0.25, 0.3) is 0 Å². The molecule has 140 valence electrons. The first-order chi connectivity index (χ1) is 11.8. The van der Waals surface area contributed by atoms with Crippen LogP contribution in [0.1, 0.15) is 32.8 Å². The molecule has 1 saturated heterocycles. The molecule has 2 N–H and O–H groups in total. The number of amides is 1. The van der Waals surface area contributed by atoms with E-state index in [2.05, 4.69) is 6.92 Å². The second-order valence-electron chi connectivity index (χ2n) is 6.77. The molecule has 1 aromatic carbocycles. The summed E-state index contributed by atoms with van der Waals surface area (Å²) >= 11 is 0. The van der Waals surface area contributed by atoms with Crippen molar-refractivity contribution in [2.24, 2.45) is 11.7 Å². The molecule has 0 aliphatic carbocycles. The number of benzene rings is 1. The lowest BCUT2D eigenvalue weighted by Crippen LogP contribution is -2.53. The van der Waals surface area contributed by atoms with Crippen LogP contribution in [0, 0.1) is 5.92 Å². The number of aryl methyl sites for hydroxylation is 1. The number of piperazine rings is 1. The van der Waals surface area contributed by atoms with E-state index >= 15 is 0 Å². The second kappa shape index (κ2) is 8.29. The van der Waals surface area contributed by atoms with E-state index < -0.39 is 10.0 Å². The Balaban J connectivity index is 2.02. The predicted molar refractivity (Wildman–Crippen MR) is 98.6 cm³/mol. The van der Waals surface area contributed by atoms with E-state index in [0.29, 0.717) is 31.1 Å². The quantitative estimate of drug-likeness (QED) is 0.825. The largest absolute Gasteiger partial charge is 0.340 e. The SMILES string of the molecule is CCCc1ccc(S(=O)(=O)N2CCN(C(=O)C(C)C(C)N)CC2)cc1. The summed E-state index contributed by atoms with van der Waals surface area (Å²) in [6.07, 6.45) is 1.97. The zero-order chi connectivity index (χ0) is 18.6. The maximum atomic E-state index is 12.8. The van der Waals surface area contributed by atoms with Gasteiger partial charge in [0.15, 0.2) is 0 Å². The van der Waals surface area contributed by atoms with Crippen molar-refractivity contribution < 1.29 is 13.2 Å². The van der Waals surface area contributed by atoms with Crippen LogP contribution < -0.4 is 5.73 Å². The molecule has 1 aromatic rings. The molecular weight excluding hydrogens is 338 g/mol. The zero-order valence-electron chi connectivity index (χ0n) is 15.3. The van der Waals surface area contributed by atoms with Gasteiger partial charge in [-0.1, -0.05) is 32.4 Å². The number of nitrogens with two attached hydrogens (primary N) is 1. The first-order valence-corrected chi connectivity index (χ1v) is 10.3. The summed E-state index contributed by atoms with van der Waals surface area (Å²) < 4.78 is 27.0. The summed E-state index contributed by atoms with van der Waals surface area (Å²) in [5.74, 6) is -0.259. The van der Waals surface area contributed by atoms with Crippen LogP contribution in [0.2, 0.25) is 0 Å². The fourth-order valence-corrected chi connectivity index (χ4v) is 4.35. The normalized spacial score (nSPS) is 18.8. The van der Waals surface area contributed by atoms with Gasteiger partial charge in [-0.3, -0.25) is 4.79 Å². The van der Waals surface area contributed by atoms with E-state index in [1.54, 1.807) is 17.0 Å². The van der Waals surface area contributed by atoms with Gasteiger partial charge in [-0.2, -0.15) is 4.31 Å². The lowest BCUT2D eigenvalue weighted by molar-refractivity contribution is -0.136. The van der Waals surface area contributed by atoms with Gasteiger partial charge < -0.3 is 10.6 Å². The summed E-state index contributed by atoms with van der Waals surface area (Å²) in [7, 11) is -3.51. The van der Waals surface area contributed by atoms with Crippen LogP contribution in [0.15, 0.2) is 29.2 Å². The molecule has 0 aromatic heterocycles. The summed E-state index contributed by atoms with van der Waals surface area (Å²) in [6, 6.07) is 6.89. The highest BCUT2D eigenvalue weighted by atomic mass is 32.2. The maximum absolute atomic E-state index is 12.8. The van der Waals surface area contributed by atoms with Gasteiger partial charge in [0.1, 0.15) is 0 Å². The number of carbonyl (C=O) groups is 1. The van der Waals surface area contributed by atoms with E-state index in [9.17, 15) is 13.2 Å². The highest BCUT2D eigenvalue weighted by Gasteiger charge is 2.32. The lowest BCUT2D eigenvalue weighted by Gasteiger charge is -2.35. The van der Waals surface area contributed by atoms with Crippen LogP contribution in [0.5, 0.6) is 0 Å². The Kier molecular flexibility index (Phi) is 6.59. The van der Waals surface area contributed by atoms with E-state index in [-0.39, 0.29) is 17.9 Å². The van der Waals surface area contributed by atoms with Crippen LogP contribution in [0.4, 0.5) is 0 Å². The molecule has 1 amide bonds. The molecule has 0 bridgehead atoms. The van der Waals surface area contributed by atoms with Crippen LogP contribution in [0.25, 0.3) is 0 Å². The third-order valence-electron chi connectivity index (χ3n) is 4.83. The van der Waals surface area contributed by atoms with Gasteiger partial charge in [0.2, 0.25) is 15.9 Å². The number of hydrogen-bond donors (Lipinski definition) is 1. The summed E-state index contributed by atoms with van der Waals surface area (Å²) in [5.41, 5.74) is 6.94. The highest BCUT2D eigenvalue weighted by molar-refractivity contribution is 7.89. The van der Waals surface area contributed by atoms with Crippen molar-refractivity contribution in [1.29, 1.82) is 0 Å². The minimum Gasteiger partial charge on any atom is -0.340 e. The maximum Gasteiger partial charge on any atom is 0.243 e. The topological polar surface area (TPSA) is 83.7 Å². The Morgan fingerprint density at radius 3 is 2.16 bits per heavy atom. The number of hydrogen-bond acceptors (Lipinski definition) is 4. The van der Waals surface area contributed by atoms with Crippen molar-refractivity contribution in [3.05, 3.63) is 29.8 Å². The van der Waals surface area contributed by atoms with Crippen LogP contribution in [-0.4, -0.2) is 55.8 Å². The van der Waals surface area contributed by atoms with E-state index in [1.807, 2.05) is 26.0 Å². The predicted octanol–water partition coefficient (Wildman–Crippen LogP) is 1.46. The van der Waals surface area contributed by atoms with Crippen molar-refractivity contribution in [3.8, 4) is 0 Å². The molecule has 0 saturated carbocycles. The third-order valence-corrected chi connectivity index (χ3v) is 6.74. The molecule has 7 heteroatoms. The van der Waals surface area contributed by atoms with E-state index in [4.69, 9.17) is 5.73 Å². The molecule has 25 heavy (non-hydrogen) atoms. The van der Waals surface area contributed by atoms with Crippen LogP contribution in [-0.2, 0) is 21.2 Å². The van der Waals surface area contributed by atoms with Gasteiger partial charge in [-0.25, -0.2) is 8.42 Å². The summed E-state index contributed by atoms with van der Waals surface area (Å²) in [5, 5.41) is 0. The summed E-state index contributed by atoms with van der Waals surface area (Å²) in [4.78, 5) is 14.4. The molecule has 2 atom stereocenters. The minimum absolute atomic E-state index is 0.00373. The molecule has 1 aliphatic rings. The number of carbonyl (C=O) groups excluding carboxylic acids is 1. The molecule has 1 fully saturated rings. The van der Waals surface area contributed by atoms with Gasteiger partial charge in [-0.05, 0) is 31.0 Å². The fraction of sp³-hybridized carbons (Fsp3) is 0.611. The van der Waals surface area contributed by atoms with Crippen LogP contribution >= 0.6 is 0 Å². The summed E-state index contributed by atoms with van der Waals surface area (Å²) in [6.45, 7) is 7.16. The smallest absolute Gasteiger partial charge is 0.243 e. The minimum atomic E-state index is -3.51. The number of nitrogens with zero attached hydrogens (tertiary/aromatic N) is 2. The van der Waals surface area contributed by atoms with Crippen molar-refractivity contribution >= 4 is 15.9 Å². The Hall–Kier alpha value is -1.44. The molecule has 2 rings (SSSR count). The lowest BCUT2D eigenvalue weighted by atomic mass is 10.0. The van der Waals surface area contributed by atoms with Gasteiger partial charge >= 0.3 is 0 Å². The Morgan fingerprint density at radius 1 is 1.12 bits per heavy atom. The first kappa shape index (κ1) is 19.9. The number of rotatable bonds is 6. The average molecular weight is 368 g/mol. The monoisotopic (exact) mass is 367 g/mol. The number of sulfonamides is 1. The average Bonchev–Trinajstić information content (AvgIpc) is 2.61. The molecular formula is C18H29N3O3S. The van der Waals surface area contributed by atoms with Crippen molar-refractivity contribution in [1.82, 2.24) is 9.21 Å². The highest BCUT2D eigenvalue weighted by Crippen LogP contribution is 2.19. The Morgan fingerprint density at radius 2 is 1.68 bits per heavy atom. The van der Waals surface area contributed by atoms with Crippen molar-refractivity contribution in [2.75, 3.05) is 26.2 Å². The zero-order valence-corrected chi connectivity index (χ0v) is 16.1. The van der Waals surface area contributed by atoms with Gasteiger partial charge in [0, 0.05) is 32.2 Å². The molecule has 1 aliphatic heterocycles. The standard InChI is InChI=1S/C18H29N3O3S/c1-4-5-16-6-8-17(9-7-16)25(23,24)21-12-10-20(11-13-21)18(22)14(2)15(3)19/h6-9,14-15H,4-5,10-13,19H2,1-3H3. The Bertz CT molecular complexity index is 678. The van der Waals surface area contributed by atoms with Crippen LogP contribution in [0.3, 0.4) is 0 Å². The molecule has 1 heterocycles. The second-order valence-corrected chi connectivity index (χ2v) is 8.71. The van der Waals surface area contributed by atoms with Crippen molar-refractivity contribution in [2.45, 2.75) is 44.6 Å². The first-order valence-electron chi connectivity index (χ1n) is 8.90. The molecule has 6 nitrogen and oxygen atoms in total. The van der Waals surface area contributed by atoms with Gasteiger partial charge in [0.05, 0.1) is 10.8 Å². The van der Waals surface area contributed by atoms with Crippen molar-refractivity contribution in [3.63, 3.8) is 0 Å². The molecule has 0 radical (unpaired) electrons. The van der Waals surface area contributed by atoms with E-state index in [1.165, 1.54) is 4.31 Å². The van der Waals surface area contributed by atoms with Gasteiger partial charge in [-0.15, -0.1) is 0 Å². The third kappa shape index (κ3) is 4.59. The fourth-order valence-electron chi connectivity index (χ4n) is 2.93. The molecule has 0 spiro atoms. The molecule has 2 unspecified atom stereocenters.